The summed E-state index contributed by atoms with van der Waals surface area (Å²) < 4.78 is 5.80. The molecular formula is C27H32N4O3. The zero-order valence-corrected chi connectivity index (χ0v) is 19.6. The molecule has 4 rings (SSSR count). The first-order valence-corrected chi connectivity index (χ1v) is 11.9. The number of rotatable bonds is 9. The second-order valence-electron chi connectivity index (χ2n) is 9.00. The van der Waals surface area contributed by atoms with Gasteiger partial charge in [-0.15, -0.1) is 0 Å². The van der Waals surface area contributed by atoms with Crippen molar-refractivity contribution in [2.45, 2.75) is 39.0 Å². The second-order valence-corrected chi connectivity index (χ2v) is 9.00. The molecule has 0 spiro atoms. The number of aryl methyl sites for hydroxylation is 2. The average molecular weight is 461 g/mol. The summed E-state index contributed by atoms with van der Waals surface area (Å²) in [4.78, 5) is 30.3. The highest BCUT2D eigenvalue weighted by Gasteiger charge is 2.22. The van der Waals surface area contributed by atoms with Crippen molar-refractivity contribution in [1.29, 1.82) is 0 Å². The van der Waals surface area contributed by atoms with E-state index in [0.29, 0.717) is 24.5 Å². The number of piperidine rings is 1. The number of primary amides is 1. The second kappa shape index (κ2) is 11.1. The molecule has 1 fully saturated rings. The number of nitrogens with one attached hydrogen (secondary N) is 1. The Balaban J connectivity index is 1.19. The van der Waals surface area contributed by atoms with Gasteiger partial charge in [0, 0.05) is 36.6 Å². The van der Waals surface area contributed by atoms with Crippen LogP contribution in [0.3, 0.4) is 0 Å². The van der Waals surface area contributed by atoms with Gasteiger partial charge in [0.05, 0.1) is 6.20 Å². The highest BCUT2D eigenvalue weighted by molar-refractivity contribution is 5.90. The molecule has 7 heteroatoms. The molecular weight excluding hydrogens is 428 g/mol. The van der Waals surface area contributed by atoms with Crippen molar-refractivity contribution in [2.24, 2.45) is 11.7 Å². The predicted molar refractivity (Wildman–Crippen MR) is 132 cm³/mol. The lowest BCUT2D eigenvalue weighted by molar-refractivity contribution is -0.123. The molecule has 0 saturated carbocycles. The third-order valence-electron chi connectivity index (χ3n) is 6.40. The van der Waals surface area contributed by atoms with Gasteiger partial charge in [0.2, 0.25) is 11.8 Å². The molecule has 0 aliphatic carbocycles. The number of hydrogen-bond acceptors (Lipinski definition) is 5. The van der Waals surface area contributed by atoms with E-state index < -0.39 is 0 Å². The number of nitrogens with zero attached hydrogens (tertiary/aromatic N) is 2. The van der Waals surface area contributed by atoms with Gasteiger partial charge in [0.1, 0.15) is 0 Å². The standard InChI is InChI=1S/C27H32N4O3/c1-19-2-6-21(7-3-19)24-18-29-26(34-24)11-10-25(32)30-23-8-4-20(5-9-23)12-15-31-16-13-22(14-17-31)27(28)33/h2-9,18,22H,10-17H2,1H3,(H2,28,33)(H,30,32). The predicted octanol–water partition coefficient (Wildman–Crippen LogP) is 3.96. The molecule has 2 aromatic carbocycles. The minimum Gasteiger partial charge on any atom is -0.441 e. The summed E-state index contributed by atoms with van der Waals surface area (Å²) in [7, 11) is 0. The van der Waals surface area contributed by atoms with Gasteiger partial charge in [-0.25, -0.2) is 4.98 Å². The molecule has 0 unspecified atom stereocenters. The van der Waals surface area contributed by atoms with E-state index in [1.54, 1.807) is 6.20 Å². The Hall–Kier alpha value is -3.45. The maximum atomic E-state index is 12.4. The summed E-state index contributed by atoms with van der Waals surface area (Å²) in [6, 6.07) is 16.0. The maximum Gasteiger partial charge on any atom is 0.224 e. The van der Waals surface area contributed by atoms with E-state index >= 15 is 0 Å². The molecule has 0 bridgehead atoms. The average Bonchev–Trinajstić information content (AvgIpc) is 3.32. The highest BCUT2D eigenvalue weighted by Crippen LogP contribution is 2.22. The molecule has 1 saturated heterocycles. The van der Waals surface area contributed by atoms with Gasteiger partial charge in [-0.05, 0) is 57.0 Å². The first-order chi connectivity index (χ1) is 16.5. The number of aromatic nitrogens is 1. The smallest absolute Gasteiger partial charge is 0.224 e. The van der Waals surface area contributed by atoms with Crippen LogP contribution in [0, 0.1) is 12.8 Å². The van der Waals surface area contributed by atoms with E-state index in [-0.39, 0.29) is 17.7 Å². The number of carbonyl (C=O) groups is 2. The Bertz CT molecular complexity index is 1100. The monoisotopic (exact) mass is 460 g/mol. The fourth-order valence-corrected chi connectivity index (χ4v) is 4.20. The normalized spacial score (nSPS) is 14.7. The number of carbonyl (C=O) groups excluding carboxylic acids is 2. The molecule has 1 aliphatic rings. The van der Waals surface area contributed by atoms with Crippen LogP contribution in [0.5, 0.6) is 0 Å². The molecule has 1 aliphatic heterocycles. The number of benzene rings is 2. The Morgan fingerprint density at radius 3 is 2.44 bits per heavy atom. The van der Waals surface area contributed by atoms with E-state index in [1.807, 2.05) is 55.5 Å². The summed E-state index contributed by atoms with van der Waals surface area (Å²) in [6.45, 7) is 4.83. The third-order valence-corrected chi connectivity index (χ3v) is 6.40. The van der Waals surface area contributed by atoms with Crippen LogP contribution >= 0.6 is 0 Å². The summed E-state index contributed by atoms with van der Waals surface area (Å²) in [5.41, 5.74) is 9.57. The van der Waals surface area contributed by atoms with Crippen LogP contribution in [0.1, 0.15) is 36.3 Å². The Kier molecular flexibility index (Phi) is 7.75. The van der Waals surface area contributed by atoms with Crippen LogP contribution in [0.25, 0.3) is 11.3 Å². The first kappa shape index (κ1) is 23.7. The van der Waals surface area contributed by atoms with E-state index in [4.69, 9.17) is 10.2 Å². The van der Waals surface area contributed by atoms with Crippen molar-refractivity contribution in [1.82, 2.24) is 9.88 Å². The zero-order chi connectivity index (χ0) is 23.9. The van der Waals surface area contributed by atoms with Crippen LogP contribution in [0.4, 0.5) is 5.69 Å². The summed E-state index contributed by atoms with van der Waals surface area (Å²) in [5, 5.41) is 2.94. The quantitative estimate of drug-likeness (QED) is 0.503. The van der Waals surface area contributed by atoms with Gasteiger partial charge in [-0.2, -0.15) is 0 Å². The van der Waals surface area contributed by atoms with E-state index in [9.17, 15) is 9.59 Å². The minimum atomic E-state index is -0.176. The fraction of sp³-hybridized carbons (Fsp3) is 0.370. The molecule has 178 valence electrons. The van der Waals surface area contributed by atoms with Crippen molar-refractivity contribution in [3.63, 3.8) is 0 Å². The number of likely N-dealkylation sites (tertiary alicyclic amines) is 1. The lowest BCUT2D eigenvalue weighted by Crippen LogP contribution is -2.39. The molecule has 0 radical (unpaired) electrons. The maximum absolute atomic E-state index is 12.4. The molecule has 3 aromatic rings. The number of amides is 2. The summed E-state index contributed by atoms with van der Waals surface area (Å²) >= 11 is 0. The Labute approximate surface area is 200 Å². The van der Waals surface area contributed by atoms with E-state index in [1.165, 1.54) is 11.1 Å². The lowest BCUT2D eigenvalue weighted by Gasteiger charge is -2.30. The zero-order valence-electron chi connectivity index (χ0n) is 19.6. The van der Waals surface area contributed by atoms with E-state index in [2.05, 4.69) is 15.2 Å². The van der Waals surface area contributed by atoms with Gasteiger partial charge in [0.15, 0.2) is 11.7 Å². The largest absolute Gasteiger partial charge is 0.441 e. The van der Waals surface area contributed by atoms with Crippen molar-refractivity contribution < 1.29 is 14.0 Å². The number of nitrogens with two attached hydrogens (primary N) is 1. The van der Waals surface area contributed by atoms with Gasteiger partial charge in [-0.3, -0.25) is 9.59 Å². The fourth-order valence-electron chi connectivity index (χ4n) is 4.20. The van der Waals surface area contributed by atoms with Gasteiger partial charge in [-0.1, -0.05) is 42.0 Å². The van der Waals surface area contributed by atoms with Gasteiger partial charge >= 0.3 is 0 Å². The van der Waals surface area contributed by atoms with Crippen LogP contribution in [-0.4, -0.2) is 41.3 Å². The molecule has 2 amide bonds. The van der Waals surface area contributed by atoms with Gasteiger partial charge in [0.25, 0.3) is 0 Å². The topological polar surface area (TPSA) is 101 Å². The molecule has 34 heavy (non-hydrogen) atoms. The molecule has 7 nitrogen and oxygen atoms in total. The SMILES string of the molecule is Cc1ccc(-c2cnc(CCC(=O)Nc3ccc(CCN4CCC(C(N)=O)CC4)cc3)o2)cc1. The van der Waals surface area contributed by atoms with Crippen LogP contribution in [0.15, 0.2) is 59.1 Å². The number of oxazole rings is 1. The first-order valence-electron chi connectivity index (χ1n) is 11.9. The summed E-state index contributed by atoms with van der Waals surface area (Å²) in [6.07, 6.45) is 5.08. The molecule has 3 N–H and O–H groups in total. The Morgan fingerprint density at radius 2 is 1.76 bits per heavy atom. The number of hydrogen-bond donors (Lipinski definition) is 2. The van der Waals surface area contributed by atoms with Crippen LogP contribution in [-0.2, 0) is 22.4 Å². The molecule has 0 atom stereocenters. The molecule has 1 aromatic heterocycles. The third kappa shape index (κ3) is 6.54. The van der Waals surface area contributed by atoms with Gasteiger partial charge < -0.3 is 20.4 Å². The van der Waals surface area contributed by atoms with Crippen molar-refractivity contribution in [2.75, 3.05) is 25.0 Å². The van der Waals surface area contributed by atoms with E-state index in [0.717, 1.165) is 50.1 Å². The highest BCUT2D eigenvalue weighted by atomic mass is 16.4. The minimum absolute atomic E-state index is 0.0259. The number of anilines is 1. The lowest BCUT2D eigenvalue weighted by atomic mass is 9.96. The Morgan fingerprint density at radius 1 is 1.06 bits per heavy atom. The van der Waals surface area contributed by atoms with Crippen molar-refractivity contribution in [3.8, 4) is 11.3 Å². The van der Waals surface area contributed by atoms with Crippen molar-refractivity contribution in [3.05, 3.63) is 71.7 Å². The van der Waals surface area contributed by atoms with Crippen LogP contribution in [0.2, 0.25) is 0 Å². The van der Waals surface area contributed by atoms with Crippen molar-refractivity contribution >= 4 is 17.5 Å². The van der Waals surface area contributed by atoms with Crippen LogP contribution < -0.4 is 11.1 Å². The molecule has 2 heterocycles. The summed E-state index contributed by atoms with van der Waals surface area (Å²) in [5.74, 6) is 1.05.